The Morgan fingerprint density at radius 2 is 1.81 bits per heavy atom. The molecule has 0 atom stereocenters. The number of methoxy groups -OCH3 is 1. The predicted molar refractivity (Wildman–Crippen MR) is 103 cm³/mol. The maximum atomic E-state index is 12.4. The van der Waals surface area contributed by atoms with E-state index in [9.17, 15) is 4.79 Å². The smallest absolute Gasteiger partial charge is 0.497 e. The van der Waals surface area contributed by atoms with Crippen LogP contribution >= 0.6 is 0 Å². The molecule has 1 aromatic carbocycles. The lowest BCUT2D eigenvalue weighted by Gasteiger charge is -2.32. The van der Waals surface area contributed by atoms with Crippen molar-refractivity contribution in [2.24, 2.45) is 0 Å². The third-order valence-electron chi connectivity index (χ3n) is 5.89. The zero-order valence-electron chi connectivity index (χ0n) is 16.6. The molecule has 142 valence electrons. The SMILES string of the molecule is COc1ccc(CC(=O)NC2CCCC2)cc1B1OC(C)(C)C(C)(C)O1. The van der Waals surface area contributed by atoms with Gasteiger partial charge in [0.15, 0.2) is 0 Å². The third-order valence-corrected chi connectivity index (χ3v) is 5.89. The highest BCUT2D eigenvalue weighted by Crippen LogP contribution is 2.37. The van der Waals surface area contributed by atoms with E-state index in [0.29, 0.717) is 18.2 Å². The van der Waals surface area contributed by atoms with Crippen LogP contribution in [-0.2, 0) is 20.5 Å². The maximum Gasteiger partial charge on any atom is 0.498 e. The van der Waals surface area contributed by atoms with Crippen LogP contribution in [0, 0.1) is 0 Å². The van der Waals surface area contributed by atoms with Crippen molar-refractivity contribution in [1.29, 1.82) is 0 Å². The molecule has 0 bridgehead atoms. The Balaban J connectivity index is 1.75. The Morgan fingerprint density at radius 3 is 2.38 bits per heavy atom. The van der Waals surface area contributed by atoms with E-state index >= 15 is 0 Å². The zero-order chi connectivity index (χ0) is 18.9. The number of benzene rings is 1. The standard InChI is InChI=1S/C20H30BNO4/c1-19(2)20(3,4)26-21(25-19)16-12-14(10-11-17(16)24-5)13-18(23)22-15-8-6-7-9-15/h10-12,15H,6-9,13H2,1-5H3,(H,22,23). The average molecular weight is 359 g/mol. The van der Waals surface area contributed by atoms with Crippen LogP contribution in [0.25, 0.3) is 0 Å². The van der Waals surface area contributed by atoms with Crippen molar-refractivity contribution in [2.45, 2.75) is 77.0 Å². The molecule has 1 aromatic rings. The first-order valence-corrected chi connectivity index (χ1v) is 9.54. The van der Waals surface area contributed by atoms with Gasteiger partial charge in [0.1, 0.15) is 5.75 Å². The van der Waals surface area contributed by atoms with Gasteiger partial charge >= 0.3 is 7.12 Å². The molecule has 26 heavy (non-hydrogen) atoms. The molecular weight excluding hydrogens is 329 g/mol. The fraction of sp³-hybridized carbons (Fsp3) is 0.650. The number of nitrogens with one attached hydrogen (secondary N) is 1. The minimum absolute atomic E-state index is 0.0712. The fourth-order valence-electron chi connectivity index (χ4n) is 3.58. The number of ether oxygens (including phenoxy) is 1. The van der Waals surface area contributed by atoms with Gasteiger partial charge < -0.3 is 19.4 Å². The van der Waals surface area contributed by atoms with Crippen molar-refractivity contribution in [3.63, 3.8) is 0 Å². The summed E-state index contributed by atoms with van der Waals surface area (Å²) in [5.41, 5.74) is 0.931. The largest absolute Gasteiger partial charge is 0.498 e. The Labute approximate surface area is 156 Å². The number of hydrogen-bond acceptors (Lipinski definition) is 4. The molecule has 1 heterocycles. The number of carbonyl (C=O) groups excluding carboxylic acids is 1. The van der Waals surface area contributed by atoms with Crippen molar-refractivity contribution in [3.8, 4) is 5.75 Å². The van der Waals surface area contributed by atoms with Crippen molar-refractivity contribution < 1.29 is 18.8 Å². The molecule has 3 rings (SSSR count). The second kappa shape index (κ2) is 7.24. The highest BCUT2D eigenvalue weighted by atomic mass is 16.7. The molecule has 1 N–H and O–H groups in total. The third kappa shape index (κ3) is 3.91. The first kappa shape index (κ1) is 19.2. The van der Waals surface area contributed by atoms with E-state index in [0.717, 1.165) is 23.9 Å². The molecule has 2 aliphatic rings. The van der Waals surface area contributed by atoms with Crippen LogP contribution in [0.2, 0.25) is 0 Å². The van der Waals surface area contributed by atoms with E-state index in [-0.39, 0.29) is 5.91 Å². The number of carbonyl (C=O) groups is 1. The van der Waals surface area contributed by atoms with Gasteiger partial charge in [-0.05, 0) is 52.2 Å². The average Bonchev–Trinajstić information content (AvgIpc) is 3.13. The summed E-state index contributed by atoms with van der Waals surface area (Å²) in [6, 6.07) is 6.12. The predicted octanol–water partition coefficient (Wildman–Crippen LogP) is 2.60. The molecule has 1 saturated carbocycles. The molecule has 0 aromatic heterocycles. The van der Waals surface area contributed by atoms with Crippen molar-refractivity contribution in [3.05, 3.63) is 23.8 Å². The molecule has 1 aliphatic heterocycles. The number of hydrogen-bond donors (Lipinski definition) is 1. The van der Waals surface area contributed by atoms with Gasteiger partial charge in [-0.3, -0.25) is 4.79 Å². The van der Waals surface area contributed by atoms with Crippen molar-refractivity contribution in [1.82, 2.24) is 5.32 Å². The Morgan fingerprint density at radius 1 is 1.19 bits per heavy atom. The first-order valence-electron chi connectivity index (χ1n) is 9.54. The van der Waals surface area contributed by atoms with Crippen LogP contribution < -0.4 is 15.5 Å². The molecule has 1 saturated heterocycles. The summed E-state index contributed by atoms with van der Waals surface area (Å²) >= 11 is 0. The molecule has 5 nitrogen and oxygen atoms in total. The van der Waals surface area contributed by atoms with Gasteiger partial charge in [0.05, 0.1) is 24.7 Å². The minimum Gasteiger partial charge on any atom is -0.497 e. The van der Waals surface area contributed by atoms with Gasteiger partial charge in [0.2, 0.25) is 5.91 Å². The van der Waals surface area contributed by atoms with E-state index in [1.54, 1.807) is 7.11 Å². The van der Waals surface area contributed by atoms with Crippen LogP contribution in [-0.4, -0.2) is 37.4 Å². The normalized spacial score (nSPS) is 21.8. The quantitative estimate of drug-likeness (QED) is 0.821. The topological polar surface area (TPSA) is 56.8 Å². The summed E-state index contributed by atoms with van der Waals surface area (Å²) in [5.74, 6) is 0.783. The second-order valence-electron chi connectivity index (χ2n) is 8.39. The molecule has 0 radical (unpaired) electrons. The van der Waals surface area contributed by atoms with Crippen LogP contribution in [0.3, 0.4) is 0 Å². The lowest BCUT2D eigenvalue weighted by molar-refractivity contribution is -0.121. The highest BCUT2D eigenvalue weighted by molar-refractivity contribution is 6.63. The molecule has 1 aliphatic carbocycles. The highest BCUT2D eigenvalue weighted by Gasteiger charge is 2.52. The maximum absolute atomic E-state index is 12.4. The van der Waals surface area contributed by atoms with Gasteiger partial charge in [0, 0.05) is 11.5 Å². The minimum atomic E-state index is -0.507. The number of rotatable bonds is 5. The van der Waals surface area contributed by atoms with Crippen molar-refractivity contribution >= 4 is 18.5 Å². The van der Waals surface area contributed by atoms with Gasteiger partial charge in [-0.1, -0.05) is 25.0 Å². The lowest BCUT2D eigenvalue weighted by Crippen LogP contribution is -2.41. The van der Waals surface area contributed by atoms with Gasteiger partial charge in [-0.2, -0.15) is 0 Å². The van der Waals surface area contributed by atoms with E-state index in [2.05, 4.69) is 5.32 Å². The Hall–Kier alpha value is -1.53. The van der Waals surface area contributed by atoms with Crippen LogP contribution in [0.5, 0.6) is 5.75 Å². The van der Waals surface area contributed by atoms with Gasteiger partial charge in [0.25, 0.3) is 0 Å². The van der Waals surface area contributed by atoms with E-state index in [1.807, 2.05) is 45.9 Å². The van der Waals surface area contributed by atoms with Crippen molar-refractivity contribution in [2.75, 3.05) is 7.11 Å². The van der Waals surface area contributed by atoms with Crippen LogP contribution in [0.15, 0.2) is 18.2 Å². The van der Waals surface area contributed by atoms with Crippen LogP contribution in [0.4, 0.5) is 0 Å². The summed E-state index contributed by atoms with van der Waals surface area (Å²) in [4.78, 5) is 12.4. The second-order valence-corrected chi connectivity index (χ2v) is 8.39. The lowest BCUT2D eigenvalue weighted by atomic mass is 9.77. The van der Waals surface area contributed by atoms with E-state index in [1.165, 1.54) is 12.8 Å². The van der Waals surface area contributed by atoms with Crippen LogP contribution in [0.1, 0.15) is 58.9 Å². The summed E-state index contributed by atoms with van der Waals surface area (Å²) in [5, 5.41) is 3.14. The molecule has 6 heteroatoms. The Kier molecular flexibility index (Phi) is 5.36. The zero-order valence-corrected chi connectivity index (χ0v) is 16.6. The van der Waals surface area contributed by atoms with Gasteiger partial charge in [-0.25, -0.2) is 0 Å². The molecule has 2 fully saturated rings. The van der Waals surface area contributed by atoms with Gasteiger partial charge in [-0.15, -0.1) is 0 Å². The summed E-state index contributed by atoms with van der Waals surface area (Å²) < 4.78 is 17.8. The number of amides is 1. The summed E-state index contributed by atoms with van der Waals surface area (Å²) in [6.07, 6.45) is 4.95. The molecular formula is C20H30BNO4. The molecule has 0 unspecified atom stereocenters. The van der Waals surface area contributed by atoms with E-state index in [4.69, 9.17) is 14.0 Å². The monoisotopic (exact) mass is 359 g/mol. The Bertz CT molecular complexity index is 652. The summed E-state index contributed by atoms with van der Waals surface area (Å²) in [6.45, 7) is 8.10. The fourth-order valence-corrected chi connectivity index (χ4v) is 3.58. The first-order chi connectivity index (χ1) is 12.2. The molecule has 0 spiro atoms. The molecule has 1 amide bonds. The summed E-state index contributed by atoms with van der Waals surface area (Å²) in [7, 11) is 1.13. The van der Waals surface area contributed by atoms with E-state index < -0.39 is 18.3 Å².